The van der Waals surface area contributed by atoms with Gasteiger partial charge in [-0.1, -0.05) is 0 Å². The Balaban J connectivity index is 1.60. The van der Waals surface area contributed by atoms with Gasteiger partial charge in [0.2, 0.25) is 0 Å². The molecule has 2 unspecified atom stereocenters. The van der Waals surface area contributed by atoms with Crippen molar-refractivity contribution in [1.82, 2.24) is 0 Å². The molecule has 0 N–H and O–H groups in total. The van der Waals surface area contributed by atoms with Crippen molar-refractivity contribution in [2.24, 2.45) is 0 Å². The van der Waals surface area contributed by atoms with Crippen molar-refractivity contribution in [2.75, 3.05) is 11.5 Å². The Kier molecular flexibility index (Phi) is 3.06. The minimum atomic E-state index is 0.810. The van der Waals surface area contributed by atoms with Crippen LogP contribution in [0.25, 0.3) is 0 Å². The Morgan fingerprint density at radius 1 is 1.00 bits per heavy atom. The summed E-state index contributed by atoms with van der Waals surface area (Å²) in [7, 11) is 0. The van der Waals surface area contributed by atoms with E-state index < -0.39 is 0 Å². The Hall–Kier alpha value is 2.26. The van der Waals surface area contributed by atoms with E-state index in [-0.39, 0.29) is 0 Å². The maximum atomic E-state index is 2.46. The Morgan fingerprint density at radius 3 is 1.64 bits per heavy atom. The molecule has 0 bridgehead atoms. The standard InChI is InChI=1S/C6H10S2Se3/c1-5(3-7-5)9-11-10-6(2)4-8-6/h3-4H2,1-2H3. The van der Waals surface area contributed by atoms with Gasteiger partial charge in [0.1, 0.15) is 0 Å². The van der Waals surface area contributed by atoms with E-state index in [1.807, 2.05) is 0 Å². The molecule has 2 fully saturated rings. The summed E-state index contributed by atoms with van der Waals surface area (Å²) < 4.78 is 1.62. The third kappa shape index (κ3) is 3.14. The number of rotatable bonds is 4. The molecule has 2 rings (SSSR count). The van der Waals surface area contributed by atoms with E-state index in [1.54, 1.807) is 0 Å². The third-order valence-corrected chi connectivity index (χ3v) is 29.0. The Morgan fingerprint density at radius 2 is 1.36 bits per heavy atom. The van der Waals surface area contributed by atoms with Crippen molar-refractivity contribution in [2.45, 2.75) is 21.1 Å². The molecule has 0 aromatic heterocycles. The first-order chi connectivity index (χ1) is 5.12. The van der Waals surface area contributed by atoms with Crippen LogP contribution in [-0.4, -0.2) is 56.4 Å². The summed E-state index contributed by atoms with van der Waals surface area (Å²) in [6.07, 6.45) is 0. The molecule has 0 radical (unpaired) electrons. The molecule has 2 aliphatic rings. The van der Waals surface area contributed by atoms with Crippen LogP contribution in [0.2, 0.25) is 0 Å². The zero-order chi connectivity index (χ0) is 7.95. The fraction of sp³-hybridized carbons (Fsp3) is 1.00. The van der Waals surface area contributed by atoms with Crippen LogP contribution in [0.1, 0.15) is 13.8 Å². The van der Waals surface area contributed by atoms with Gasteiger partial charge in [0.25, 0.3) is 0 Å². The first-order valence-corrected chi connectivity index (χ1v) is 15.8. The molecule has 0 nitrogen and oxygen atoms in total. The van der Waals surface area contributed by atoms with Gasteiger partial charge in [-0.3, -0.25) is 0 Å². The van der Waals surface area contributed by atoms with Crippen molar-refractivity contribution in [3.8, 4) is 0 Å². The molecule has 0 aliphatic carbocycles. The molecule has 2 aliphatic heterocycles. The molecule has 2 saturated heterocycles. The molecular formula is C6H10S2Se3. The first-order valence-electron chi connectivity index (χ1n) is 3.43. The maximum absolute atomic E-state index is 2.46. The average molecular weight is 383 g/mol. The molecule has 64 valence electrons. The van der Waals surface area contributed by atoms with Crippen LogP contribution < -0.4 is 0 Å². The van der Waals surface area contributed by atoms with Crippen molar-refractivity contribution in [1.29, 1.82) is 0 Å². The molecule has 0 spiro atoms. The first kappa shape index (κ1) is 9.80. The minimum absolute atomic E-state index is 0.810. The van der Waals surface area contributed by atoms with Gasteiger partial charge in [-0.05, 0) is 0 Å². The van der Waals surface area contributed by atoms with E-state index in [0.717, 1.165) is 44.9 Å². The number of thioether (sulfide) groups is 2. The summed E-state index contributed by atoms with van der Waals surface area (Å²) in [4.78, 5) is 0. The van der Waals surface area contributed by atoms with Crippen LogP contribution >= 0.6 is 23.5 Å². The molecule has 2 heterocycles. The van der Waals surface area contributed by atoms with Gasteiger partial charge in [-0.25, -0.2) is 0 Å². The van der Waals surface area contributed by atoms with E-state index in [4.69, 9.17) is 0 Å². The van der Waals surface area contributed by atoms with Gasteiger partial charge in [-0.2, -0.15) is 0 Å². The van der Waals surface area contributed by atoms with Crippen LogP contribution in [0.4, 0.5) is 0 Å². The van der Waals surface area contributed by atoms with Crippen LogP contribution in [0.15, 0.2) is 0 Å². The predicted molar refractivity (Wildman–Crippen MR) is 59.0 cm³/mol. The third-order valence-electron chi connectivity index (χ3n) is 1.52. The normalized spacial score (nSPS) is 47.5. The van der Waals surface area contributed by atoms with Gasteiger partial charge in [0, 0.05) is 0 Å². The van der Waals surface area contributed by atoms with Crippen LogP contribution in [0.3, 0.4) is 0 Å². The van der Waals surface area contributed by atoms with E-state index in [9.17, 15) is 0 Å². The fourth-order valence-corrected chi connectivity index (χ4v) is 39.5. The summed E-state index contributed by atoms with van der Waals surface area (Å²) in [6.45, 7) is 4.91. The van der Waals surface area contributed by atoms with Gasteiger partial charge in [0.15, 0.2) is 0 Å². The predicted octanol–water partition coefficient (Wildman–Crippen LogP) is 0.855. The number of hydrogen-bond acceptors (Lipinski definition) is 2. The fourth-order valence-electron chi connectivity index (χ4n) is 0.460. The van der Waals surface area contributed by atoms with Crippen LogP contribution in [-0.2, 0) is 0 Å². The SMILES string of the molecule is CC1([Se][Se][Se]C2(C)CS2)CS1. The molecule has 5 heteroatoms. The average Bonchev–Trinajstić information content (AvgIpc) is 2.78. The van der Waals surface area contributed by atoms with Gasteiger partial charge in [0.05, 0.1) is 0 Å². The molecule has 0 aromatic rings. The van der Waals surface area contributed by atoms with E-state index in [2.05, 4.69) is 37.4 Å². The van der Waals surface area contributed by atoms with Gasteiger partial charge < -0.3 is 0 Å². The quantitative estimate of drug-likeness (QED) is 0.522. The van der Waals surface area contributed by atoms with E-state index in [1.165, 1.54) is 11.5 Å². The second-order valence-corrected chi connectivity index (χ2v) is 24.8. The van der Waals surface area contributed by atoms with E-state index in [0.29, 0.717) is 0 Å². The zero-order valence-electron chi connectivity index (χ0n) is 6.46. The van der Waals surface area contributed by atoms with Gasteiger partial charge in [-0.15, -0.1) is 0 Å². The van der Waals surface area contributed by atoms with Crippen molar-refractivity contribution in [3.63, 3.8) is 0 Å². The van der Waals surface area contributed by atoms with Crippen molar-refractivity contribution >= 4 is 61.1 Å². The van der Waals surface area contributed by atoms with E-state index >= 15 is 0 Å². The van der Waals surface area contributed by atoms with Crippen LogP contribution in [0, 0.1) is 0 Å². The zero-order valence-corrected chi connectivity index (χ0v) is 13.2. The number of hydrogen-bond donors (Lipinski definition) is 0. The summed E-state index contributed by atoms with van der Waals surface area (Å²) in [6, 6.07) is 0. The summed E-state index contributed by atoms with van der Waals surface area (Å²) in [5.74, 6) is 2.93. The Labute approximate surface area is 92.7 Å². The molecule has 0 aromatic carbocycles. The summed E-state index contributed by atoms with van der Waals surface area (Å²) >= 11 is 7.45. The monoisotopic (exact) mass is 386 g/mol. The summed E-state index contributed by atoms with van der Waals surface area (Å²) in [5, 5.41) is 0. The van der Waals surface area contributed by atoms with Crippen molar-refractivity contribution < 1.29 is 0 Å². The molecule has 0 saturated carbocycles. The molecule has 2 atom stereocenters. The van der Waals surface area contributed by atoms with Crippen LogP contribution in [0.5, 0.6) is 0 Å². The Bertz CT molecular complexity index is 147. The summed E-state index contributed by atoms with van der Waals surface area (Å²) in [5.41, 5.74) is 0. The molecule has 0 amide bonds. The molecular weight excluding hydrogens is 373 g/mol. The second-order valence-electron chi connectivity index (χ2n) is 3.08. The van der Waals surface area contributed by atoms with Gasteiger partial charge >= 0.3 is 93.7 Å². The molecule has 11 heavy (non-hydrogen) atoms. The second kappa shape index (κ2) is 3.44. The van der Waals surface area contributed by atoms with Crippen molar-refractivity contribution in [3.05, 3.63) is 0 Å². The topological polar surface area (TPSA) is 0 Å².